The van der Waals surface area contributed by atoms with Gasteiger partial charge in [0.05, 0.1) is 19.7 Å². The van der Waals surface area contributed by atoms with Crippen LogP contribution in [0.5, 0.6) is 5.75 Å². The van der Waals surface area contributed by atoms with Gasteiger partial charge in [0.1, 0.15) is 5.75 Å². The fourth-order valence-electron chi connectivity index (χ4n) is 2.78. The number of benzene rings is 1. The Kier molecular flexibility index (Phi) is 7.41. The van der Waals surface area contributed by atoms with Gasteiger partial charge in [-0.15, -0.1) is 0 Å². The van der Waals surface area contributed by atoms with Crippen LogP contribution in [0.15, 0.2) is 24.3 Å². The average molecular weight is 394 g/mol. The van der Waals surface area contributed by atoms with Crippen molar-refractivity contribution in [2.45, 2.75) is 37.8 Å². The zero-order chi connectivity index (χ0) is 19.9. The van der Waals surface area contributed by atoms with Crippen LogP contribution in [0.4, 0.5) is 22.0 Å². The first kappa shape index (κ1) is 21.4. The molecule has 1 heterocycles. The lowest BCUT2D eigenvalue weighted by Gasteiger charge is -2.20. The van der Waals surface area contributed by atoms with Crippen LogP contribution in [0.25, 0.3) is 0 Å². The van der Waals surface area contributed by atoms with Gasteiger partial charge in [0.25, 0.3) is 5.92 Å². The van der Waals surface area contributed by atoms with Gasteiger partial charge in [-0.1, -0.05) is 12.1 Å². The summed E-state index contributed by atoms with van der Waals surface area (Å²) in [5.41, 5.74) is -0.322. The van der Waals surface area contributed by atoms with Gasteiger partial charge in [-0.3, -0.25) is 4.79 Å². The summed E-state index contributed by atoms with van der Waals surface area (Å²) < 4.78 is 70.0. The number of alkyl halides is 5. The Balaban J connectivity index is 1.81. The van der Waals surface area contributed by atoms with Gasteiger partial charge in [-0.05, 0) is 31.4 Å². The lowest BCUT2D eigenvalue weighted by molar-refractivity contribution is -0.136. The van der Waals surface area contributed by atoms with Gasteiger partial charge < -0.3 is 15.0 Å². The molecule has 0 bridgehead atoms. The minimum absolute atomic E-state index is 0.0856. The standard InChI is InChI=1S/C18H23F5N2O2/c19-17(20,13-24-12-16(26)25-8-1-2-9-25)14-5-3-6-15(11-14)27-10-4-7-18(21,22)23/h3,5-6,11,24H,1-2,4,7-10,12-13H2. The number of nitrogens with zero attached hydrogens (tertiary/aromatic N) is 1. The largest absolute Gasteiger partial charge is 0.494 e. The minimum atomic E-state index is -4.27. The normalized spacial score (nSPS) is 15.2. The third-order valence-electron chi connectivity index (χ3n) is 4.21. The van der Waals surface area contributed by atoms with Crippen molar-refractivity contribution in [1.29, 1.82) is 0 Å². The number of carbonyl (C=O) groups excluding carboxylic acids is 1. The highest BCUT2D eigenvalue weighted by atomic mass is 19.4. The minimum Gasteiger partial charge on any atom is -0.494 e. The molecule has 152 valence electrons. The molecule has 2 rings (SSSR count). The molecular formula is C18H23F5N2O2. The molecular weight excluding hydrogens is 371 g/mol. The summed E-state index contributed by atoms with van der Waals surface area (Å²) in [5, 5.41) is 2.48. The van der Waals surface area contributed by atoms with E-state index < -0.39 is 25.1 Å². The predicted octanol–water partition coefficient (Wildman–Crippen LogP) is 3.71. The van der Waals surface area contributed by atoms with Crippen molar-refractivity contribution in [3.8, 4) is 5.75 Å². The predicted molar refractivity (Wildman–Crippen MR) is 89.8 cm³/mol. The van der Waals surface area contributed by atoms with Gasteiger partial charge in [0.2, 0.25) is 5.91 Å². The van der Waals surface area contributed by atoms with E-state index in [9.17, 15) is 26.7 Å². The number of likely N-dealkylation sites (tertiary alicyclic amines) is 1. The smallest absolute Gasteiger partial charge is 0.389 e. The monoisotopic (exact) mass is 394 g/mol. The molecule has 4 nitrogen and oxygen atoms in total. The number of amides is 1. The van der Waals surface area contributed by atoms with Crippen molar-refractivity contribution in [3.05, 3.63) is 29.8 Å². The first-order chi connectivity index (χ1) is 12.7. The number of hydrogen-bond donors (Lipinski definition) is 1. The maximum absolute atomic E-state index is 14.3. The van der Waals surface area contributed by atoms with Crippen LogP contribution in [-0.2, 0) is 10.7 Å². The topological polar surface area (TPSA) is 41.6 Å². The summed E-state index contributed by atoms with van der Waals surface area (Å²) in [7, 11) is 0. The third kappa shape index (κ3) is 7.32. The molecule has 9 heteroatoms. The highest BCUT2D eigenvalue weighted by Crippen LogP contribution is 2.30. The van der Waals surface area contributed by atoms with E-state index >= 15 is 0 Å². The molecule has 0 radical (unpaired) electrons. The van der Waals surface area contributed by atoms with E-state index in [1.54, 1.807) is 4.90 Å². The lowest BCUT2D eigenvalue weighted by atomic mass is 10.1. The molecule has 27 heavy (non-hydrogen) atoms. The van der Waals surface area contributed by atoms with E-state index in [2.05, 4.69) is 5.32 Å². The SMILES string of the molecule is O=C(CNCC(F)(F)c1cccc(OCCCC(F)(F)F)c1)N1CCCC1. The molecule has 1 aromatic carbocycles. The highest BCUT2D eigenvalue weighted by Gasteiger charge is 2.32. The first-order valence-corrected chi connectivity index (χ1v) is 8.84. The second-order valence-corrected chi connectivity index (χ2v) is 6.49. The van der Waals surface area contributed by atoms with Gasteiger partial charge in [0.15, 0.2) is 0 Å². The van der Waals surface area contributed by atoms with Crippen molar-refractivity contribution in [2.75, 3.05) is 32.8 Å². The quantitative estimate of drug-likeness (QED) is 0.513. The van der Waals surface area contributed by atoms with E-state index in [0.29, 0.717) is 13.1 Å². The summed E-state index contributed by atoms with van der Waals surface area (Å²) in [5.74, 6) is -3.36. The van der Waals surface area contributed by atoms with Gasteiger partial charge in [-0.2, -0.15) is 22.0 Å². The van der Waals surface area contributed by atoms with Crippen LogP contribution in [0.1, 0.15) is 31.2 Å². The van der Waals surface area contributed by atoms with Crippen molar-refractivity contribution in [3.63, 3.8) is 0 Å². The van der Waals surface area contributed by atoms with Gasteiger partial charge in [0, 0.05) is 25.1 Å². The molecule has 1 aliphatic rings. The second kappa shape index (κ2) is 9.34. The molecule has 0 atom stereocenters. The average Bonchev–Trinajstić information content (AvgIpc) is 3.13. The molecule has 0 unspecified atom stereocenters. The van der Waals surface area contributed by atoms with E-state index in [4.69, 9.17) is 4.74 Å². The molecule has 0 spiro atoms. The van der Waals surface area contributed by atoms with Crippen molar-refractivity contribution in [1.82, 2.24) is 10.2 Å². The fraction of sp³-hybridized carbons (Fsp3) is 0.611. The Morgan fingerprint density at radius 3 is 2.52 bits per heavy atom. The summed E-state index contributed by atoms with van der Waals surface area (Å²) in [4.78, 5) is 13.5. The molecule has 1 fully saturated rings. The molecule has 1 saturated heterocycles. The Morgan fingerprint density at radius 1 is 1.15 bits per heavy atom. The van der Waals surface area contributed by atoms with E-state index in [1.807, 2.05) is 0 Å². The second-order valence-electron chi connectivity index (χ2n) is 6.49. The zero-order valence-corrected chi connectivity index (χ0v) is 14.8. The third-order valence-corrected chi connectivity index (χ3v) is 4.21. The number of halogens is 5. The molecule has 1 aliphatic heterocycles. The van der Waals surface area contributed by atoms with Crippen LogP contribution >= 0.6 is 0 Å². The van der Waals surface area contributed by atoms with Crippen LogP contribution in [0, 0.1) is 0 Å². The van der Waals surface area contributed by atoms with Crippen LogP contribution in [-0.4, -0.2) is 49.8 Å². The highest BCUT2D eigenvalue weighted by molar-refractivity contribution is 5.78. The summed E-state index contributed by atoms with van der Waals surface area (Å²) in [6, 6.07) is 5.10. The van der Waals surface area contributed by atoms with Gasteiger partial charge in [-0.25, -0.2) is 0 Å². The summed E-state index contributed by atoms with van der Waals surface area (Å²) in [6.45, 7) is 0.222. The van der Waals surface area contributed by atoms with E-state index in [-0.39, 0.29) is 36.8 Å². The Morgan fingerprint density at radius 2 is 1.85 bits per heavy atom. The van der Waals surface area contributed by atoms with Crippen molar-refractivity contribution < 1.29 is 31.5 Å². The Hall–Kier alpha value is -1.90. The van der Waals surface area contributed by atoms with E-state index in [1.165, 1.54) is 18.2 Å². The molecule has 0 aliphatic carbocycles. The Labute approximate surface area is 154 Å². The first-order valence-electron chi connectivity index (χ1n) is 8.84. The van der Waals surface area contributed by atoms with Gasteiger partial charge >= 0.3 is 6.18 Å². The summed E-state index contributed by atoms with van der Waals surface area (Å²) >= 11 is 0. The van der Waals surface area contributed by atoms with Crippen molar-refractivity contribution >= 4 is 5.91 Å². The van der Waals surface area contributed by atoms with Crippen molar-refractivity contribution in [2.24, 2.45) is 0 Å². The van der Waals surface area contributed by atoms with Crippen LogP contribution in [0.2, 0.25) is 0 Å². The maximum Gasteiger partial charge on any atom is 0.389 e. The lowest BCUT2D eigenvalue weighted by Crippen LogP contribution is -2.40. The fourth-order valence-corrected chi connectivity index (χ4v) is 2.78. The number of hydrogen-bond acceptors (Lipinski definition) is 3. The number of rotatable bonds is 9. The van der Waals surface area contributed by atoms with Crippen LogP contribution in [0.3, 0.4) is 0 Å². The molecule has 0 aromatic heterocycles. The molecule has 1 amide bonds. The number of carbonyl (C=O) groups is 1. The zero-order valence-electron chi connectivity index (χ0n) is 14.8. The maximum atomic E-state index is 14.3. The Bertz CT molecular complexity index is 616. The molecule has 0 saturated carbocycles. The molecule has 1 N–H and O–H groups in total. The number of ether oxygens (including phenoxy) is 1. The van der Waals surface area contributed by atoms with E-state index in [0.717, 1.165) is 18.9 Å². The number of nitrogens with one attached hydrogen (secondary N) is 1. The van der Waals surface area contributed by atoms with Crippen LogP contribution < -0.4 is 10.1 Å². The summed E-state index contributed by atoms with van der Waals surface area (Å²) in [6.07, 6.45) is -3.64. The molecule has 1 aromatic rings.